The number of nitrogens with one attached hydrogen (secondary N) is 1. The Labute approximate surface area is 192 Å². The molecular formula is C21H28Cl2N2O6. The highest BCUT2D eigenvalue weighted by atomic mass is 35.5. The predicted octanol–water partition coefficient (Wildman–Crippen LogP) is 3.42. The first-order chi connectivity index (χ1) is 14.6. The van der Waals surface area contributed by atoms with Crippen LogP contribution in [0.15, 0.2) is 18.2 Å². The number of carbonyl (C=O) groups excluding carboxylic acids is 3. The van der Waals surface area contributed by atoms with Gasteiger partial charge in [-0.25, -0.2) is 4.79 Å². The number of rotatable bonds is 10. The molecule has 10 heteroatoms. The highest BCUT2D eigenvalue weighted by Gasteiger charge is 2.38. The monoisotopic (exact) mass is 474 g/mol. The summed E-state index contributed by atoms with van der Waals surface area (Å²) in [6, 6.07) is 3.08. The Morgan fingerprint density at radius 1 is 1.13 bits per heavy atom. The summed E-state index contributed by atoms with van der Waals surface area (Å²) >= 11 is 12.1. The second kappa shape index (κ2) is 11.5. The lowest BCUT2D eigenvalue weighted by molar-refractivity contribution is -0.147. The molecule has 3 atom stereocenters. The summed E-state index contributed by atoms with van der Waals surface area (Å²) in [4.78, 5) is 38.5. The molecule has 8 nitrogen and oxygen atoms in total. The van der Waals surface area contributed by atoms with Crippen molar-refractivity contribution in [2.45, 2.75) is 51.4 Å². The Bertz CT molecular complexity index is 784. The normalized spacial score (nSPS) is 18.0. The molecule has 0 spiro atoms. The summed E-state index contributed by atoms with van der Waals surface area (Å²) in [5.74, 6) is -0.815. The van der Waals surface area contributed by atoms with Gasteiger partial charge in [0.2, 0.25) is 0 Å². The summed E-state index contributed by atoms with van der Waals surface area (Å²) in [6.45, 7) is 4.25. The van der Waals surface area contributed by atoms with Crippen LogP contribution in [0, 0.1) is 5.92 Å². The number of methoxy groups -OCH3 is 2. The molecule has 1 heterocycles. The number of cyclic esters (lactones) is 1. The third kappa shape index (κ3) is 7.26. The number of nitrogens with zero attached hydrogens (tertiary/aromatic N) is 1. The molecule has 1 aliphatic rings. The number of halogens is 2. The summed E-state index contributed by atoms with van der Waals surface area (Å²) in [6.07, 6.45) is 0.167. The molecule has 31 heavy (non-hydrogen) atoms. The van der Waals surface area contributed by atoms with E-state index in [1.54, 1.807) is 18.2 Å². The fourth-order valence-electron chi connectivity index (χ4n) is 3.51. The van der Waals surface area contributed by atoms with Gasteiger partial charge in [-0.05, 0) is 42.5 Å². The molecule has 0 aromatic heterocycles. The number of hydrogen-bond donors (Lipinski definition) is 1. The van der Waals surface area contributed by atoms with Crippen molar-refractivity contribution in [3.63, 3.8) is 0 Å². The van der Waals surface area contributed by atoms with Gasteiger partial charge in [-0.1, -0.05) is 37.0 Å². The Balaban J connectivity index is 2.18. The molecule has 1 aromatic carbocycles. The molecule has 0 radical (unpaired) electrons. The van der Waals surface area contributed by atoms with E-state index in [9.17, 15) is 14.4 Å². The molecule has 1 amide bonds. The molecule has 1 unspecified atom stereocenters. The molecule has 1 aromatic rings. The standard InChI is InChI=1S/C21H28Cl2N2O6/c1-12(2)5-17(19(26)29-3)24-18(20(27)30-4)9-16-11-31-21(28)25(16)10-13-6-14(22)8-15(23)7-13/h6-8,12,16-18,24H,5,9-11H2,1-4H3/t16?,17-,18-/m0/s1. The van der Waals surface area contributed by atoms with Crippen LogP contribution < -0.4 is 5.32 Å². The minimum absolute atomic E-state index is 0.107. The van der Waals surface area contributed by atoms with Gasteiger partial charge in [-0.2, -0.15) is 0 Å². The van der Waals surface area contributed by atoms with Gasteiger partial charge < -0.3 is 14.2 Å². The van der Waals surface area contributed by atoms with Gasteiger partial charge in [0.05, 0.1) is 20.3 Å². The van der Waals surface area contributed by atoms with Crippen LogP contribution in [0.25, 0.3) is 0 Å². The van der Waals surface area contributed by atoms with Crippen LogP contribution in [0.2, 0.25) is 10.0 Å². The number of hydrogen-bond acceptors (Lipinski definition) is 7. The molecule has 1 aliphatic heterocycles. The number of esters is 2. The molecule has 1 fully saturated rings. The van der Waals surface area contributed by atoms with Crippen molar-refractivity contribution in [1.29, 1.82) is 0 Å². The van der Waals surface area contributed by atoms with Crippen LogP contribution >= 0.6 is 23.2 Å². The maximum atomic E-state index is 12.5. The van der Waals surface area contributed by atoms with E-state index >= 15 is 0 Å². The SMILES string of the molecule is COC(=O)[C@H](CC(C)C)N[C@@H](CC1COC(=O)N1Cc1cc(Cl)cc(Cl)c1)C(=O)OC. The molecule has 0 saturated carbocycles. The lowest BCUT2D eigenvalue weighted by atomic mass is 10.0. The first-order valence-corrected chi connectivity index (χ1v) is 10.7. The number of carbonyl (C=O) groups is 3. The largest absolute Gasteiger partial charge is 0.468 e. The van der Waals surface area contributed by atoms with Crippen LogP contribution in [0.3, 0.4) is 0 Å². The molecule has 1 N–H and O–H groups in total. The van der Waals surface area contributed by atoms with E-state index in [0.29, 0.717) is 16.5 Å². The third-order valence-electron chi connectivity index (χ3n) is 4.94. The van der Waals surface area contributed by atoms with Crippen LogP contribution in [0.1, 0.15) is 32.3 Å². The molecule has 0 bridgehead atoms. The first-order valence-electron chi connectivity index (χ1n) is 9.94. The van der Waals surface area contributed by atoms with Gasteiger partial charge in [-0.3, -0.25) is 19.8 Å². The van der Waals surface area contributed by atoms with E-state index < -0.39 is 36.2 Å². The Kier molecular flexibility index (Phi) is 9.40. The maximum Gasteiger partial charge on any atom is 0.410 e. The van der Waals surface area contributed by atoms with Crippen LogP contribution in [-0.4, -0.2) is 61.9 Å². The van der Waals surface area contributed by atoms with E-state index in [0.717, 1.165) is 5.56 Å². The second-order valence-electron chi connectivity index (χ2n) is 7.82. The average molecular weight is 475 g/mol. The number of amides is 1. The molecule has 0 aliphatic carbocycles. The van der Waals surface area contributed by atoms with Crippen LogP contribution in [0.5, 0.6) is 0 Å². The summed E-state index contributed by atoms with van der Waals surface area (Å²) in [5.41, 5.74) is 0.733. The number of ether oxygens (including phenoxy) is 3. The number of benzene rings is 1. The van der Waals surface area contributed by atoms with E-state index in [2.05, 4.69) is 5.32 Å². The summed E-state index contributed by atoms with van der Waals surface area (Å²) in [5, 5.41) is 3.95. The van der Waals surface area contributed by atoms with Crippen LogP contribution in [0.4, 0.5) is 4.79 Å². The smallest absolute Gasteiger partial charge is 0.410 e. The van der Waals surface area contributed by atoms with Gasteiger partial charge in [0.25, 0.3) is 0 Å². The Morgan fingerprint density at radius 3 is 2.26 bits per heavy atom. The molecule has 172 valence electrons. The highest BCUT2D eigenvalue weighted by Crippen LogP contribution is 2.25. The second-order valence-corrected chi connectivity index (χ2v) is 8.69. The van der Waals surface area contributed by atoms with Gasteiger partial charge >= 0.3 is 18.0 Å². The third-order valence-corrected chi connectivity index (χ3v) is 5.37. The lowest BCUT2D eigenvalue weighted by Crippen LogP contribution is -2.51. The molecular weight excluding hydrogens is 447 g/mol. The van der Waals surface area contributed by atoms with Gasteiger partial charge in [-0.15, -0.1) is 0 Å². The Morgan fingerprint density at radius 2 is 1.71 bits per heavy atom. The van der Waals surface area contributed by atoms with E-state index in [1.807, 2.05) is 13.8 Å². The predicted molar refractivity (Wildman–Crippen MR) is 116 cm³/mol. The van der Waals surface area contributed by atoms with Crippen molar-refractivity contribution in [2.24, 2.45) is 5.92 Å². The van der Waals surface area contributed by atoms with Crippen molar-refractivity contribution < 1.29 is 28.6 Å². The lowest BCUT2D eigenvalue weighted by Gasteiger charge is -2.28. The van der Waals surface area contributed by atoms with Crippen molar-refractivity contribution in [3.8, 4) is 0 Å². The first kappa shape index (κ1) is 25.2. The summed E-state index contributed by atoms with van der Waals surface area (Å²) < 4.78 is 15.0. The van der Waals surface area contributed by atoms with E-state index in [1.165, 1.54) is 19.1 Å². The van der Waals surface area contributed by atoms with Crippen LogP contribution in [-0.2, 0) is 30.3 Å². The minimum Gasteiger partial charge on any atom is -0.468 e. The Hall–Kier alpha value is -2.03. The molecule has 2 rings (SSSR count). The summed E-state index contributed by atoms with van der Waals surface area (Å²) in [7, 11) is 2.57. The zero-order valence-electron chi connectivity index (χ0n) is 18.0. The zero-order chi connectivity index (χ0) is 23.1. The van der Waals surface area contributed by atoms with Gasteiger partial charge in [0.15, 0.2) is 0 Å². The quantitative estimate of drug-likeness (QED) is 0.409. The minimum atomic E-state index is -0.835. The topological polar surface area (TPSA) is 94.2 Å². The van der Waals surface area contributed by atoms with E-state index in [-0.39, 0.29) is 25.5 Å². The zero-order valence-corrected chi connectivity index (χ0v) is 19.5. The van der Waals surface area contributed by atoms with Gasteiger partial charge in [0.1, 0.15) is 18.7 Å². The fourth-order valence-corrected chi connectivity index (χ4v) is 4.08. The fraction of sp³-hybridized carbons (Fsp3) is 0.571. The highest BCUT2D eigenvalue weighted by molar-refractivity contribution is 6.34. The average Bonchev–Trinajstić information content (AvgIpc) is 3.03. The van der Waals surface area contributed by atoms with Crippen molar-refractivity contribution in [3.05, 3.63) is 33.8 Å². The maximum absolute atomic E-state index is 12.5. The molecule has 1 saturated heterocycles. The van der Waals surface area contributed by atoms with Crippen molar-refractivity contribution in [1.82, 2.24) is 10.2 Å². The van der Waals surface area contributed by atoms with Crippen molar-refractivity contribution >= 4 is 41.2 Å². The van der Waals surface area contributed by atoms with Crippen molar-refractivity contribution in [2.75, 3.05) is 20.8 Å². The van der Waals surface area contributed by atoms with E-state index in [4.69, 9.17) is 37.4 Å². The van der Waals surface area contributed by atoms with Gasteiger partial charge in [0, 0.05) is 16.6 Å².